The van der Waals surface area contributed by atoms with E-state index in [0.717, 1.165) is 5.56 Å². The second-order valence-corrected chi connectivity index (χ2v) is 6.16. The first kappa shape index (κ1) is 21.2. The first-order chi connectivity index (χ1) is 13.5. The average molecular weight is 404 g/mol. The molecule has 0 fully saturated rings. The molecule has 0 aromatic heterocycles. The van der Waals surface area contributed by atoms with Crippen molar-refractivity contribution in [2.24, 2.45) is 5.10 Å². The number of nitrogens with one attached hydrogen (secondary N) is 2. The van der Waals surface area contributed by atoms with Crippen molar-refractivity contribution >= 4 is 29.8 Å². The molecule has 2 aromatic carbocycles. The van der Waals surface area contributed by atoms with Gasteiger partial charge in [0, 0.05) is 17.0 Å². The molecule has 0 radical (unpaired) electrons. The molecular weight excluding hydrogens is 382 g/mol. The summed E-state index contributed by atoms with van der Waals surface area (Å²) < 4.78 is 10.1. The van der Waals surface area contributed by atoms with E-state index in [1.807, 2.05) is 30.3 Å². The van der Waals surface area contributed by atoms with Crippen LogP contribution in [0.25, 0.3) is 0 Å². The van der Waals surface area contributed by atoms with Gasteiger partial charge in [0.15, 0.2) is 0 Å². The molecule has 0 saturated carbocycles. The van der Waals surface area contributed by atoms with E-state index in [0.29, 0.717) is 22.8 Å². The van der Waals surface area contributed by atoms with E-state index < -0.39 is 18.0 Å². The van der Waals surface area contributed by atoms with Gasteiger partial charge in [0.05, 0.1) is 19.9 Å². The molecule has 28 heavy (non-hydrogen) atoms. The Bertz CT molecular complexity index is 827. The number of hydrogen-bond acceptors (Lipinski definition) is 5. The van der Waals surface area contributed by atoms with Crippen LogP contribution in [0.1, 0.15) is 18.1 Å². The molecule has 0 aliphatic heterocycles. The van der Waals surface area contributed by atoms with Crippen molar-refractivity contribution in [1.29, 1.82) is 0 Å². The molecule has 148 valence electrons. The van der Waals surface area contributed by atoms with Gasteiger partial charge in [-0.3, -0.25) is 4.79 Å². The third-order valence-electron chi connectivity index (χ3n) is 3.74. The zero-order valence-corrected chi connectivity index (χ0v) is 16.4. The lowest BCUT2D eigenvalue weighted by Gasteiger charge is -2.16. The Morgan fingerprint density at radius 2 is 1.96 bits per heavy atom. The van der Waals surface area contributed by atoms with Crippen LogP contribution >= 0.6 is 11.6 Å². The van der Waals surface area contributed by atoms with Crippen molar-refractivity contribution < 1.29 is 19.1 Å². The van der Waals surface area contributed by atoms with Crippen LogP contribution in [0.5, 0.6) is 5.75 Å². The van der Waals surface area contributed by atoms with Crippen LogP contribution in [0, 0.1) is 0 Å². The van der Waals surface area contributed by atoms with Gasteiger partial charge < -0.3 is 14.8 Å². The number of hydrazone groups is 1. The van der Waals surface area contributed by atoms with Crippen molar-refractivity contribution in [2.45, 2.75) is 19.4 Å². The lowest BCUT2D eigenvalue weighted by atomic mass is 10.1. The molecule has 0 unspecified atom stereocenters. The maximum Gasteiger partial charge on any atom is 0.407 e. The lowest BCUT2D eigenvalue weighted by molar-refractivity contribution is -0.123. The number of rotatable bonds is 8. The smallest absolute Gasteiger partial charge is 0.407 e. The highest BCUT2D eigenvalue weighted by Crippen LogP contribution is 2.20. The second-order valence-electron chi connectivity index (χ2n) is 5.73. The van der Waals surface area contributed by atoms with E-state index in [9.17, 15) is 9.59 Å². The second kappa shape index (κ2) is 10.9. The fraction of sp³-hybridized carbons (Fsp3) is 0.250. The van der Waals surface area contributed by atoms with Crippen molar-refractivity contribution in [3.8, 4) is 5.75 Å². The summed E-state index contributed by atoms with van der Waals surface area (Å²) in [5, 5.41) is 7.02. The fourth-order valence-electron chi connectivity index (χ4n) is 2.42. The van der Waals surface area contributed by atoms with Crippen LogP contribution in [-0.2, 0) is 16.0 Å². The largest absolute Gasteiger partial charge is 0.496 e. The number of carbonyl (C=O) groups is 2. The number of methoxy groups -OCH3 is 1. The maximum atomic E-state index is 12.5. The predicted octanol–water partition coefficient (Wildman–Crippen LogP) is 3.16. The summed E-state index contributed by atoms with van der Waals surface area (Å²) in [6, 6.07) is 13.5. The molecule has 1 atom stereocenters. The van der Waals surface area contributed by atoms with Gasteiger partial charge >= 0.3 is 6.09 Å². The van der Waals surface area contributed by atoms with Crippen LogP contribution in [-0.4, -0.2) is 38.0 Å². The first-order valence-corrected chi connectivity index (χ1v) is 9.05. The van der Waals surface area contributed by atoms with E-state index in [2.05, 4.69) is 15.8 Å². The highest BCUT2D eigenvalue weighted by atomic mass is 35.5. The molecule has 2 amide bonds. The van der Waals surface area contributed by atoms with E-state index >= 15 is 0 Å². The zero-order chi connectivity index (χ0) is 20.4. The fourth-order valence-corrected chi connectivity index (χ4v) is 2.60. The molecule has 8 heteroatoms. The van der Waals surface area contributed by atoms with E-state index in [1.54, 1.807) is 25.1 Å². The van der Waals surface area contributed by atoms with E-state index in [1.165, 1.54) is 13.3 Å². The number of carbonyl (C=O) groups excluding carboxylic acids is 2. The summed E-state index contributed by atoms with van der Waals surface area (Å²) in [4.78, 5) is 24.3. The average Bonchev–Trinajstić information content (AvgIpc) is 2.68. The number of amides is 2. The van der Waals surface area contributed by atoms with Gasteiger partial charge in [0.1, 0.15) is 11.8 Å². The van der Waals surface area contributed by atoms with Gasteiger partial charge in [-0.05, 0) is 30.7 Å². The molecule has 0 saturated heterocycles. The molecule has 2 aromatic rings. The number of benzene rings is 2. The first-order valence-electron chi connectivity index (χ1n) is 8.67. The number of halogens is 1. The SMILES string of the molecule is CCOC(=O)N[C@H](Cc1ccccc1)C(=O)N/N=C\c1cc(Cl)ccc1OC. The molecule has 2 rings (SSSR count). The Morgan fingerprint density at radius 3 is 2.64 bits per heavy atom. The highest BCUT2D eigenvalue weighted by molar-refractivity contribution is 6.30. The van der Waals surface area contributed by atoms with Crippen molar-refractivity contribution in [1.82, 2.24) is 10.7 Å². The van der Waals surface area contributed by atoms with Gasteiger partial charge in [-0.25, -0.2) is 10.2 Å². The van der Waals surface area contributed by atoms with Crippen LogP contribution in [0.4, 0.5) is 4.79 Å². The van der Waals surface area contributed by atoms with Crippen molar-refractivity contribution in [3.05, 3.63) is 64.7 Å². The summed E-state index contributed by atoms with van der Waals surface area (Å²) in [5.74, 6) is 0.0852. The molecule has 2 N–H and O–H groups in total. The summed E-state index contributed by atoms with van der Waals surface area (Å²) in [5.41, 5.74) is 3.93. The van der Waals surface area contributed by atoms with Crippen LogP contribution in [0.15, 0.2) is 53.6 Å². The number of alkyl carbamates (subject to hydrolysis) is 1. The van der Waals surface area contributed by atoms with Crippen molar-refractivity contribution in [2.75, 3.05) is 13.7 Å². The van der Waals surface area contributed by atoms with Gasteiger partial charge in [0.25, 0.3) is 5.91 Å². The Balaban J connectivity index is 2.08. The monoisotopic (exact) mass is 403 g/mol. The quantitative estimate of drug-likeness (QED) is 0.523. The lowest BCUT2D eigenvalue weighted by Crippen LogP contribution is -2.47. The number of ether oxygens (including phenoxy) is 2. The standard InChI is InChI=1S/C20H22ClN3O4/c1-3-28-20(26)23-17(11-14-7-5-4-6-8-14)19(25)24-22-13-15-12-16(21)9-10-18(15)27-2/h4-10,12-13,17H,3,11H2,1-2H3,(H,23,26)(H,24,25)/b22-13-/t17-/m1/s1. The molecule has 7 nitrogen and oxygen atoms in total. The third-order valence-corrected chi connectivity index (χ3v) is 3.97. The zero-order valence-electron chi connectivity index (χ0n) is 15.6. The number of nitrogens with zero attached hydrogens (tertiary/aromatic N) is 1. The Kier molecular flexibility index (Phi) is 8.30. The molecule has 0 aliphatic carbocycles. The number of hydrogen-bond donors (Lipinski definition) is 2. The summed E-state index contributed by atoms with van der Waals surface area (Å²) in [6.07, 6.45) is 1.05. The molecule has 0 bridgehead atoms. The Labute approximate surface area is 168 Å². The van der Waals surface area contributed by atoms with Gasteiger partial charge in [-0.2, -0.15) is 5.10 Å². The van der Waals surface area contributed by atoms with Gasteiger partial charge in [-0.15, -0.1) is 0 Å². The van der Waals surface area contributed by atoms with Crippen LogP contribution in [0.3, 0.4) is 0 Å². The van der Waals surface area contributed by atoms with E-state index in [-0.39, 0.29) is 6.61 Å². The molecule has 0 spiro atoms. The summed E-state index contributed by atoms with van der Waals surface area (Å²) in [7, 11) is 1.53. The van der Waals surface area contributed by atoms with Gasteiger partial charge in [0.2, 0.25) is 0 Å². The normalized spacial score (nSPS) is 11.7. The minimum atomic E-state index is -0.847. The predicted molar refractivity (Wildman–Crippen MR) is 108 cm³/mol. The highest BCUT2D eigenvalue weighted by Gasteiger charge is 2.21. The summed E-state index contributed by atoms with van der Waals surface area (Å²) in [6.45, 7) is 1.90. The molecule has 0 heterocycles. The minimum absolute atomic E-state index is 0.207. The molecular formula is C20H22ClN3O4. The Morgan fingerprint density at radius 1 is 1.21 bits per heavy atom. The van der Waals surface area contributed by atoms with E-state index in [4.69, 9.17) is 21.1 Å². The third kappa shape index (κ3) is 6.59. The van der Waals surface area contributed by atoms with Crippen LogP contribution in [0.2, 0.25) is 5.02 Å². The molecule has 0 aliphatic rings. The van der Waals surface area contributed by atoms with Gasteiger partial charge in [-0.1, -0.05) is 41.9 Å². The van der Waals surface area contributed by atoms with Crippen molar-refractivity contribution in [3.63, 3.8) is 0 Å². The van der Waals surface area contributed by atoms with Crippen LogP contribution < -0.4 is 15.5 Å². The maximum absolute atomic E-state index is 12.5. The Hall–Kier alpha value is -3.06. The minimum Gasteiger partial charge on any atom is -0.496 e. The topological polar surface area (TPSA) is 89.0 Å². The summed E-state index contributed by atoms with van der Waals surface area (Å²) >= 11 is 5.98.